The Balaban J connectivity index is 4.15. The van der Waals surface area contributed by atoms with Crippen LogP contribution in [0.2, 0.25) is 0 Å². The van der Waals surface area contributed by atoms with Crippen LogP contribution in [0.3, 0.4) is 0 Å². The lowest BCUT2D eigenvalue weighted by Gasteiger charge is -2.26. The second-order valence-corrected chi connectivity index (χ2v) is 3.74. The molecule has 0 aromatic heterocycles. The van der Waals surface area contributed by atoms with Gasteiger partial charge in [-0.3, -0.25) is 14.5 Å². The van der Waals surface area contributed by atoms with Gasteiger partial charge in [-0.2, -0.15) is 0 Å². The summed E-state index contributed by atoms with van der Waals surface area (Å²) >= 11 is 0. The predicted octanol–water partition coefficient (Wildman–Crippen LogP) is -0.982. The average Bonchev–Trinajstić information content (AvgIpc) is 1.99. The molecule has 15 heavy (non-hydrogen) atoms. The van der Waals surface area contributed by atoms with E-state index in [-0.39, 0.29) is 25.6 Å². The minimum absolute atomic E-state index is 0.0222. The van der Waals surface area contributed by atoms with Gasteiger partial charge in [0.05, 0.1) is 19.1 Å². The molecule has 0 aliphatic rings. The number of nitrogens with two attached hydrogens (primary N) is 1. The Morgan fingerprint density at radius 3 is 2.27 bits per heavy atom. The van der Waals surface area contributed by atoms with Gasteiger partial charge in [0.15, 0.2) is 0 Å². The number of rotatable bonds is 7. The van der Waals surface area contributed by atoms with Gasteiger partial charge in [-0.1, -0.05) is 0 Å². The maximum absolute atomic E-state index is 10.7. The highest BCUT2D eigenvalue weighted by atomic mass is 16.4. The SMILES string of the molecule is CC(C)N(CC(N)=O)CC(O)CC(=O)O. The van der Waals surface area contributed by atoms with E-state index < -0.39 is 18.0 Å². The molecule has 0 aliphatic heterocycles. The molecular weight excluding hydrogens is 200 g/mol. The van der Waals surface area contributed by atoms with Crippen LogP contribution in [0.4, 0.5) is 0 Å². The fourth-order valence-corrected chi connectivity index (χ4v) is 1.19. The third-order valence-corrected chi connectivity index (χ3v) is 1.94. The number of carbonyl (C=O) groups is 2. The summed E-state index contributed by atoms with van der Waals surface area (Å²) in [6, 6.07) is 0.0287. The van der Waals surface area contributed by atoms with E-state index in [4.69, 9.17) is 10.8 Å². The van der Waals surface area contributed by atoms with E-state index in [0.29, 0.717) is 0 Å². The normalized spacial score (nSPS) is 13.1. The van der Waals surface area contributed by atoms with Crippen molar-refractivity contribution in [2.75, 3.05) is 13.1 Å². The van der Waals surface area contributed by atoms with Gasteiger partial charge in [-0.25, -0.2) is 0 Å². The molecule has 0 radical (unpaired) electrons. The van der Waals surface area contributed by atoms with E-state index in [9.17, 15) is 14.7 Å². The fraction of sp³-hybridized carbons (Fsp3) is 0.778. The molecule has 1 atom stereocenters. The van der Waals surface area contributed by atoms with Crippen molar-refractivity contribution in [1.82, 2.24) is 4.90 Å². The summed E-state index contributed by atoms with van der Waals surface area (Å²) in [7, 11) is 0. The predicted molar refractivity (Wildman–Crippen MR) is 54.2 cm³/mol. The molecule has 0 heterocycles. The Labute approximate surface area is 88.7 Å². The van der Waals surface area contributed by atoms with E-state index in [2.05, 4.69) is 0 Å². The summed E-state index contributed by atoms with van der Waals surface area (Å²) in [5, 5.41) is 17.8. The Hall–Kier alpha value is -1.14. The number of nitrogens with zero attached hydrogens (tertiary/aromatic N) is 1. The maximum Gasteiger partial charge on any atom is 0.306 e. The number of carbonyl (C=O) groups excluding carboxylic acids is 1. The molecule has 0 rings (SSSR count). The minimum atomic E-state index is -1.06. The molecule has 1 unspecified atom stereocenters. The van der Waals surface area contributed by atoms with E-state index in [1.165, 1.54) is 0 Å². The van der Waals surface area contributed by atoms with Crippen LogP contribution in [0.1, 0.15) is 20.3 Å². The zero-order valence-corrected chi connectivity index (χ0v) is 9.01. The topological polar surface area (TPSA) is 104 Å². The number of aliphatic carboxylic acids is 1. The van der Waals surface area contributed by atoms with Crippen LogP contribution >= 0.6 is 0 Å². The summed E-state index contributed by atoms with van der Waals surface area (Å²) in [4.78, 5) is 22.6. The smallest absolute Gasteiger partial charge is 0.306 e. The quantitative estimate of drug-likeness (QED) is 0.509. The molecule has 0 aromatic carbocycles. The van der Waals surface area contributed by atoms with Crippen molar-refractivity contribution in [2.24, 2.45) is 5.73 Å². The first-order chi connectivity index (χ1) is 6.82. The van der Waals surface area contributed by atoms with Crippen molar-refractivity contribution in [3.8, 4) is 0 Å². The summed E-state index contributed by atoms with van der Waals surface area (Å²) in [6.45, 7) is 3.84. The molecule has 0 saturated heterocycles. The number of aliphatic hydroxyl groups is 1. The molecular formula is C9H18N2O4. The molecule has 6 heteroatoms. The van der Waals surface area contributed by atoms with E-state index in [1.54, 1.807) is 4.90 Å². The van der Waals surface area contributed by atoms with Crippen LogP contribution in [-0.2, 0) is 9.59 Å². The maximum atomic E-state index is 10.7. The Morgan fingerprint density at radius 1 is 1.40 bits per heavy atom. The lowest BCUT2D eigenvalue weighted by Crippen LogP contribution is -2.43. The van der Waals surface area contributed by atoms with Gasteiger partial charge in [-0.05, 0) is 13.8 Å². The number of hydrogen-bond acceptors (Lipinski definition) is 4. The van der Waals surface area contributed by atoms with Gasteiger partial charge < -0.3 is 15.9 Å². The minimum Gasteiger partial charge on any atom is -0.481 e. The van der Waals surface area contributed by atoms with Crippen molar-refractivity contribution in [2.45, 2.75) is 32.4 Å². The largest absolute Gasteiger partial charge is 0.481 e. The zero-order chi connectivity index (χ0) is 12.0. The molecule has 0 aromatic rings. The second kappa shape index (κ2) is 6.36. The average molecular weight is 218 g/mol. The highest BCUT2D eigenvalue weighted by molar-refractivity contribution is 5.76. The summed E-state index contributed by atoms with van der Waals surface area (Å²) in [5.41, 5.74) is 5.03. The molecule has 0 fully saturated rings. The van der Waals surface area contributed by atoms with Crippen LogP contribution in [0.25, 0.3) is 0 Å². The van der Waals surface area contributed by atoms with Gasteiger partial charge in [0.2, 0.25) is 5.91 Å². The van der Waals surface area contributed by atoms with Crippen LogP contribution in [0.5, 0.6) is 0 Å². The van der Waals surface area contributed by atoms with Crippen molar-refractivity contribution in [3.63, 3.8) is 0 Å². The van der Waals surface area contributed by atoms with Crippen LogP contribution < -0.4 is 5.73 Å². The van der Waals surface area contributed by atoms with Crippen molar-refractivity contribution < 1.29 is 19.8 Å². The van der Waals surface area contributed by atoms with Gasteiger partial charge in [-0.15, -0.1) is 0 Å². The summed E-state index contributed by atoms with van der Waals surface area (Å²) < 4.78 is 0. The zero-order valence-electron chi connectivity index (χ0n) is 9.01. The van der Waals surface area contributed by atoms with Crippen LogP contribution in [0.15, 0.2) is 0 Å². The Morgan fingerprint density at radius 2 is 1.93 bits per heavy atom. The lowest BCUT2D eigenvalue weighted by atomic mass is 10.2. The Kier molecular flexibility index (Phi) is 5.88. The van der Waals surface area contributed by atoms with Crippen LogP contribution in [-0.4, -0.2) is 52.2 Å². The summed E-state index contributed by atoms with van der Waals surface area (Å²) in [5.74, 6) is -1.56. The lowest BCUT2D eigenvalue weighted by molar-refractivity contribution is -0.139. The molecule has 0 aliphatic carbocycles. The molecule has 88 valence electrons. The first-order valence-corrected chi connectivity index (χ1v) is 4.75. The molecule has 0 saturated carbocycles. The molecule has 6 nitrogen and oxygen atoms in total. The van der Waals surface area contributed by atoms with Gasteiger partial charge in [0, 0.05) is 12.6 Å². The molecule has 0 spiro atoms. The van der Waals surface area contributed by atoms with E-state index in [1.807, 2.05) is 13.8 Å². The van der Waals surface area contributed by atoms with Gasteiger partial charge >= 0.3 is 5.97 Å². The third-order valence-electron chi connectivity index (χ3n) is 1.94. The number of primary amides is 1. The van der Waals surface area contributed by atoms with E-state index in [0.717, 1.165) is 0 Å². The van der Waals surface area contributed by atoms with Crippen molar-refractivity contribution in [1.29, 1.82) is 0 Å². The number of hydrogen-bond donors (Lipinski definition) is 3. The molecule has 0 bridgehead atoms. The van der Waals surface area contributed by atoms with Gasteiger partial charge in [0.1, 0.15) is 0 Å². The van der Waals surface area contributed by atoms with Crippen LogP contribution in [0, 0.1) is 0 Å². The molecule has 1 amide bonds. The Bertz CT molecular complexity index is 230. The number of aliphatic hydroxyl groups excluding tert-OH is 1. The highest BCUT2D eigenvalue weighted by Gasteiger charge is 2.18. The standard InChI is InChI=1S/C9H18N2O4/c1-6(2)11(5-8(10)13)4-7(12)3-9(14)15/h6-7,12H,3-5H2,1-2H3,(H2,10,13)(H,14,15). The second-order valence-electron chi connectivity index (χ2n) is 3.74. The summed E-state index contributed by atoms with van der Waals surface area (Å²) in [6.07, 6.45) is -1.31. The molecule has 4 N–H and O–H groups in total. The first-order valence-electron chi connectivity index (χ1n) is 4.75. The number of amides is 1. The van der Waals surface area contributed by atoms with Gasteiger partial charge in [0.25, 0.3) is 0 Å². The number of carboxylic acid groups (broad SMARTS) is 1. The van der Waals surface area contributed by atoms with Crippen molar-refractivity contribution in [3.05, 3.63) is 0 Å². The van der Waals surface area contributed by atoms with Crippen molar-refractivity contribution >= 4 is 11.9 Å². The fourth-order valence-electron chi connectivity index (χ4n) is 1.19. The third kappa shape index (κ3) is 6.87. The first kappa shape index (κ1) is 13.9. The van der Waals surface area contributed by atoms with E-state index >= 15 is 0 Å². The highest BCUT2D eigenvalue weighted by Crippen LogP contribution is 2.02. The monoisotopic (exact) mass is 218 g/mol. The number of carboxylic acids is 1.